The van der Waals surface area contributed by atoms with Crippen LogP contribution in [0.25, 0.3) is 0 Å². The number of hydrogen-bond acceptors (Lipinski definition) is 1. The van der Waals surface area contributed by atoms with Gasteiger partial charge in [0.05, 0.1) is 0 Å². The van der Waals surface area contributed by atoms with Gasteiger partial charge >= 0.3 is 68.1 Å². The van der Waals surface area contributed by atoms with Gasteiger partial charge in [0.15, 0.2) is 0 Å². The first-order valence-corrected chi connectivity index (χ1v) is 4.60. The van der Waals surface area contributed by atoms with Crippen LogP contribution in [0.15, 0.2) is 0 Å². The molecule has 0 aromatic carbocycles. The van der Waals surface area contributed by atoms with Crippen molar-refractivity contribution in [3.05, 3.63) is 0 Å². The molecule has 3 unspecified atom stereocenters. The Bertz CT molecular complexity index is 115. The zero-order valence-corrected chi connectivity index (χ0v) is 7.12. The van der Waals surface area contributed by atoms with Crippen molar-refractivity contribution in [2.75, 3.05) is 0 Å². The zero-order valence-electron chi connectivity index (χ0n) is 5.56. The fourth-order valence-electron chi connectivity index (χ4n) is 2.42. The third kappa shape index (κ3) is 0.998. The van der Waals surface area contributed by atoms with Crippen LogP contribution in [0.4, 0.5) is 0 Å². The van der Waals surface area contributed by atoms with Crippen LogP contribution in [-0.4, -0.2) is 6.04 Å². The van der Waals surface area contributed by atoms with Crippen molar-refractivity contribution in [1.29, 1.82) is 0 Å². The summed E-state index contributed by atoms with van der Waals surface area (Å²) in [6.45, 7) is 0. The van der Waals surface area contributed by atoms with Gasteiger partial charge in [-0.3, -0.25) is 0 Å². The Balaban J connectivity index is 2.01. The van der Waals surface area contributed by atoms with E-state index in [-0.39, 0.29) is 0 Å². The summed E-state index contributed by atoms with van der Waals surface area (Å²) in [6, 6.07) is 0.878. The molecule has 0 aromatic heterocycles. The summed E-state index contributed by atoms with van der Waals surface area (Å²) in [4.78, 5) is 0. The molecule has 2 heteroatoms. The number of rotatable bonds is 1. The summed E-state index contributed by atoms with van der Waals surface area (Å²) in [7, 11) is 0. The summed E-state index contributed by atoms with van der Waals surface area (Å²) >= 11 is 2.10. The third-order valence-corrected chi connectivity index (χ3v) is 3.50. The van der Waals surface area contributed by atoms with Gasteiger partial charge in [-0.15, -0.1) is 0 Å². The van der Waals surface area contributed by atoms with E-state index in [1.807, 2.05) is 0 Å². The van der Waals surface area contributed by atoms with Gasteiger partial charge in [0.1, 0.15) is 0 Å². The van der Waals surface area contributed by atoms with Crippen molar-refractivity contribution in [3.63, 3.8) is 0 Å². The summed E-state index contributed by atoms with van der Waals surface area (Å²) in [5, 5.41) is 0. The van der Waals surface area contributed by atoms with E-state index in [2.05, 4.69) is 24.5 Å². The van der Waals surface area contributed by atoms with Crippen molar-refractivity contribution >= 4 is 0 Å². The second kappa shape index (κ2) is 2.37. The molecule has 0 spiro atoms. The molecule has 2 bridgehead atoms. The first-order chi connectivity index (χ1) is 4.40. The molecule has 2 aliphatic carbocycles. The number of nitrogens with one attached hydrogen (secondary N) is 1. The van der Waals surface area contributed by atoms with Crippen LogP contribution in [-0.2, 0) is 20.7 Å². The molecule has 1 nitrogen and oxygen atoms in total. The first-order valence-electron chi connectivity index (χ1n) is 3.82. The summed E-state index contributed by atoms with van der Waals surface area (Å²) in [5.74, 6) is 2.13. The molecule has 49 valence electrons. The normalized spacial score (nSPS) is 48.1. The minimum atomic E-state index is 0.878. The van der Waals surface area contributed by atoms with Crippen LogP contribution in [0, 0.1) is 11.8 Å². The Kier molecular flexibility index (Phi) is 1.68. The van der Waals surface area contributed by atoms with Crippen LogP contribution in [0.1, 0.15) is 25.7 Å². The Morgan fingerprint density at radius 2 is 2.11 bits per heavy atom. The van der Waals surface area contributed by atoms with E-state index in [0.717, 1.165) is 17.9 Å². The van der Waals surface area contributed by atoms with Crippen LogP contribution >= 0.6 is 0 Å². The molecule has 0 amide bonds. The van der Waals surface area contributed by atoms with Gasteiger partial charge in [-0.25, -0.2) is 0 Å². The van der Waals surface area contributed by atoms with E-state index in [4.69, 9.17) is 0 Å². The monoisotopic (exact) mass is 158 g/mol. The molecular formula is C7H12NTi. The van der Waals surface area contributed by atoms with Gasteiger partial charge in [0, 0.05) is 0 Å². The average molecular weight is 158 g/mol. The second-order valence-electron chi connectivity index (χ2n) is 3.43. The van der Waals surface area contributed by atoms with Crippen molar-refractivity contribution in [2.24, 2.45) is 11.8 Å². The van der Waals surface area contributed by atoms with E-state index < -0.39 is 0 Å². The molecule has 2 fully saturated rings. The second-order valence-corrected chi connectivity index (χ2v) is 3.88. The van der Waals surface area contributed by atoms with Crippen molar-refractivity contribution in [2.45, 2.75) is 31.7 Å². The van der Waals surface area contributed by atoms with Gasteiger partial charge in [0.25, 0.3) is 0 Å². The maximum absolute atomic E-state index is 3.40. The predicted molar refractivity (Wildman–Crippen MR) is 32.4 cm³/mol. The molecule has 0 heterocycles. The van der Waals surface area contributed by atoms with E-state index >= 15 is 0 Å². The van der Waals surface area contributed by atoms with Crippen molar-refractivity contribution < 1.29 is 20.7 Å². The standard InChI is InChI=1S/C7H12N.Ti/c8-7-4-5-1-2-6(7)3-5;/h5-8H,1-4H2;/q-1;+1. The van der Waals surface area contributed by atoms with Crippen LogP contribution in [0.3, 0.4) is 0 Å². The SMILES string of the molecule is [Ti][NH]C1CC2CCC1C2. The fourth-order valence-corrected chi connectivity index (χ4v) is 2.97. The van der Waals surface area contributed by atoms with E-state index in [1.165, 1.54) is 25.7 Å². The summed E-state index contributed by atoms with van der Waals surface area (Å²) in [5.41, 5.74) is 0. The van der Waals surface area contributed by atoms with Crippen LogP contribution in [0.2, 0.25) is 0 Å². The third-order valence-electron chi connectivity index (χ3n) is 2.92. The average Bonchev–Trinajstić information content (AvgIpc) is 2.45. The summed E-state index contributed by atoms with van der Waals surface area (Å²) < 4.78 is 3.40. The molecule has 9 heavy (non-hydrogen) atoms. The van der Waals surface area contributed by atoms with Crippen molar-refractivity contribution in [3.8, 4) is 0 Å². The van der Waals surface area contributed by atoms with Gasteiger partial charge in [-0.2, -0.15) is 0 Å². The van der Waals surface area contributed by atoms with Gasteiger partial charge in [-0.1, -0.05) is 0 Å². The van der Waals surface area contributed by atoms with E-state index in [9.17, 15) is 0 Å². The Labute approximate surface area is 68.3 Å². The van der Waals surface area contributed by atoms with Crippen molar-refractivity contribution in [1.82, 2.24) is 3.80 Å². The van der Waals surface area contributed by atoms with Crippen LogP contribution in [0.5, 0.6) is 0 Å². The molecule has 1 N–H and O–H groups in total. The molecule has 0 aromatic rings. The van der Waals surface area contributed by atoms with Gasteiger partial charge < -0.3 is 0 Å². The molecule has 0 radical (unpaired) electrons. The number of hydrogen-bond donors (Lipinski definition) is 1. The summed E-state index contributed by atoms with van der Waals surface area (Å²) in [6.07, 6.45) is 5.99. The zero-order chi connectivity index (χ0) is 6.27. The molecule has 2 rings (SSSR count). The maximum atomic E-state index is 3.40. The van der Waals surface area contributed by atoms with Gasteiger partial charge in [-0.05, 0) is 0 Å². The topological polar surface area (TPSA) is 12.0 Å². The van der Waals surface area contributed by atoms with Crippen LogP contribution < -0.4 is 3.80 Å². The predicted octanol–water partition coefficient (Wildman–Crippen LogP) is 1.23. The Hall–Kier alpha value is 0.674. The minimum absolute atomic E-state index is 0.878. The molecule has 0 aliphatic heterocycles. The molecule has 2 aliphatic rings. The quantitative estimate of drug-likeness (QED) is 0.566. The van der Waals surface area contributed by atoms with E-state index in [1.54, 1.807) is 0 Å². The molecule has 0 saturated heterocycles. The van der Waals surface area contributed by atoms with Gasteiger partial charge in [0.2, 0.25) is 0 Å². The number of fused-ring (bicyclic) bond motifs is 2. The Morgan fingerprint density at radius 1 is 1.22 bits per heavy atom. The molecule has 2 saturated carbocycles. The fraction of sp³-hybridized carbons (Fsp3) is 1.00. The first kappa shape index (κ1) is 6.39. The Morgan fingerprint density at radius 3 is 2.44 bits per heavy atom. The molecule has 3 atom stereocenters. The van der Waals surface area contributed by atoms with E-state index in [0.29, 0.717) is 0 Å². The molecular weight excluding hydrogens is 146 g/mol.